The van der Waals surface area contributed by atoms with Gasteiger partial charge in [0.1, 0.15) is 0 Å². The normalized spacial score (nSPS) is 17.1. The maximum Gasteiger partial charge on any atom is 0.223 e. The van der Waals surface area contributed by atoms with Crippen molar-refractivity contribution in [2.75, 3.05) is 13.1 Å². The van der Waals surface area contributed by atoms with E-state index in [1.54, 1.807) is 0 Å². The van der Waals surface area contributed by atoms with Gasteiger partial charge in [0.05, 0.1) is 0 Å². The Kier molecular flexibility index (Phi) is 3.91. The molecule has 5 heteroatoms. The van der Waals surface area contributed by atoms with Crippen LogP contribution >= 0.6 is 0 Å². The SMILES string of the molecule is CC(C(=O)NCc1ccc(F)c(F)c1)C1CNC1. The Balaban J connectivity index is 1.86. The van der Waals surface area contributed by atoms with Crippen molar-refractivity contribution in [3.63, 3.8) is 0 Å². The van der Waals surface area contributed by atoms with Gasteiger partial charge in [0.15, 0.2) is 11.6 Å². The fourth-order valence-electron chi connectivity index (χ4n) is 1.88. The van der Waals surface area contributed by atoms with Crippen LogP contribution in [0.2, 0.25) is 0 Å². The van der Waals surface area contributed by atoms with Crippen molar-refractivity contribution in [3.05, 3.63) is 35.4 Å². The first-order valence-electron chi connectivity index (χ1n) is 6.00. The molecule has 18 heavy (non-hydrogen) atoms. The molecule has 1 aliphatic rings. The van der Waals surface area contributed by atoms with Crippen molar-refractivity contribution in [1.82, 2.24) is 10.6 Å². The van der Waals surface area contributed by atoms with Crippen LogP contribution in [0.25, 0.3) is 0 Å². The number of amides is 1. The van der Waals surface area contributed by atoms with Gasteiger partial charge in [-0.3, -0.25) is 4.79 Å². The second kappa shape index (κ2) is 5.44. The first-order chi connectivity index (χ1) is 8.58. The Morgan fingerprint density at radius 2 is 2.17 bits per heavy atom. The molecule has 0 spiro atoms. The number of benzene rings is 1. The summed E-state index contributed by atoms with van der Waals surface area (Å²) < 4.78 is 25.7. The van der Waals surface area contributed by atoms with Gasteiger partial charge in [0.2, 0.25) is 5.91 Å². The molecule has 0 saturated carbocycles. The molecule has 1 aliphatic heterocycles. The van der Waals surface area contributed by atoms with Crippen LogP contribution in [-0.2, 0) is 11.3 Å². The molecule has 1 aromatic carbocycles. The Morgan fingerprint density at radius 3 is 2.72 bits per heavy atom. The molecule has 0 aromatic heterocycles. The summed E-state index contributed by atoms with van der Waals surface area (Å²) in [5.74, 6) is -1.50. The molecular weight excluding hydrogens is 238 g/mol. The molecule has 1 aromatic rings. The van der Waals surface area contributed by atoms with Gasteiger partial charge in [-0.2, -0.15) is 0 Å². The lowest BCUT2D eigenvalue weighted by Gasteiger charge is -2.31. The molecule has 1 atom stereocenters. The Labute approximate surface area is 105 Å². The van der Waals surface area contributed by atoms with E-state index in [4.69, 9.17) is 0 Å². The van der Waals surface area contributed by atoms with Crippen molar-refractivity contribution >= 4 is 5.91 Å². The highest BCUT2D eigenvalue weighted by molar-refractivity contribution is 5.78. The number of hydrogen-bond donors (Lipinski definition) is 2. The summed E-state index contributed by atoms with van der Waals surface area (Å²) >= 11 is 0. The topological polar surface area (TPSA) is 41.1 Å². The third-order valence-corrected chi connectivity index (χ3v) is 3.38. The number of rotatable bonds is 4. The van der Waals surface area contributed by atoms with Crippen LogP contribution < -0.4 is 10.6 Å². The van der Waals surface area contributed by atoms with Crippen molar-refractivity contribution in [2.45, 2.75) is 13.5 Å². The van der Waals surface area contributed by atoms with E-state index in [1.165, 1.54) is 6.07 Å². The zero-order chi connectivity index (χ0) is 13.1. The van der Waals surface area contributed by atoms with Crippen LogP contribution in [0, 0.1) is 23.5 Å². The van der Waals surface area contributed by atoms with E-state index in [2.05, 4.69) is 10.6 Å². The third-order valence-electron chi connectivity index (χ3n) is 3.38. The summed E-state index contributed by atoms with van der Waals surface area (Å²) in [6.45, 7) is 3.83. The maximum atomic E-state index is 13.0. The molecule has 1 fully saturated rings. The molecule has 1 unspecified atom stereocenters. The Bertz CT molecular complexity index is 447. The first kappa shape index (κ1) is 13.0. The van der Waals surface area contributed by atoms with E-state index in [0.29, 0.717) is 11.5 Å². The second-order valence-electron chi connectivity index (χ2n) is 4.67. The summed E-state index contributed by atoms with van der Waals surface area (Å²) in [7, 11) is 0. The number of nitrogens with one attached hydrogen (secondary N) is 2. The largest absolute Gasteiger partial charge is 0.352 e. The van der Waals surface area contributed by atoms with Crippen molar-refractivity contribution in [1.29, 1.82) is 0 Å². The van der Waals surface area contributed by atoms with Gasteiger partial charge in [-0.15, -0.1) is 0 Å². The highest BCUT2D eigenvalue weighted by Gasteiger charge is 2.28. The van der Waals surface area contributed by atoms with E-state index < -0.39 is 11.6 Å². The predicted molar refractivity (Wildman–Crippen MR) is 63.7 cm³/mol. The Morgan fingerprint density at radius 1 is 1.44 bits per heavy atom. The van der Waals surface area contributed by atoms with Crippen molar-refractivity contribution in [2.24, 2.45) is 11.8 Å². The van der Waals surface area contributed by atoms with Gasteiger partial charge in [-0.05, 0) is 36.7 Å². The molecule has 3 nitrogen and oxygen atoms in total. The lowest BCUT2D eigenvalue weighted by atomic mass is 9.88. The zero-order valence-electron chi connectivity index (χ0n) is 10.2. The van der Waals surface area contributed by atoms with Crippen molar-refractivity contribution < 1.29 is 13.6 Å². The van der Waals surface area contributed by atoms with E-state index >= 15 is 0 Å². The lowest BCUT2D eigenvalue weighted by Crippen LogP contribution is -2.49. The van der Waals surface area contributed by atoms with Crippen LogP contribution in [0.4, 0.5) is 8.78 Å². The minimum Gasteiger partial charge on any atom is -0.352 e. The van der Waals surface area contributed by atoms with Crippen LogP contribution in [0.15, 0.2) is 18.2 Å². The monoisotopic (exact) mass is 254 g/mol. The third kappa shape index (κ3) is 2.85. The van der Waals surface area contributed by atoms with E-state index in [1.807, 2.05) is 6.92 Å². The number of hydrogen-bond acceptors (Lipinski definition) is 2. The summed E-state index contributed by atoms with van der Waals surface area (Å²) in [4.78, 5) is 11.8. The van der Waals surface area contributed by atoms with Gasteiger partial charge < -0.3 is 10.6 Å². The fraction of sp³-hybridized carbons (Fsp3) is 0.462. The summed E-state index contributed by atoms with van der Waals surface area (Å²) in [6, 6.07) is 3.63. The highest BCUT2D eigenvalue weighted by atomic mass is 19.2. The second-order valence-corrected chi connectivity index (χ2v) is 4.67. The van der Waals surface area contributed by atoms with Gasteiger partial charge in [0.25, 0.3) is 0 Å². The first-order valence-corrected chi connectivity index (χ1v) is 6.00. The van der Waals surface area contributed by atoms with Gasteiger partial charge in [-0.25, -0.2) is 8.78 Å². The van der Waals surface area contributed by atoms with Gasteiger partial charge in [0, 0.05) is 12.5 Å². The number of carbonyl (C=O) groups is 1. The maximum absolute atomic E-state index is 13.0. The zero-order valence-corrected chi connectivity index (χ0v) is 10.2. The summed E-state index contributed by atoms with van der Waals surface area (Å²) in [5, 5.41) is 5.85. The van der Waals surface area contributed by atoms with E-state index in [0.717, 1.165) is 25.2 Å². The molecule has 2 rings (SSSR count). The predicted octanol–water partition coefficient (Wildman–Crippen LogP) is 1.44. The van der Waals surface area contributed by atoms with Crippen molar-refractivity contribution in [3.8, 4) is 0 Å². The number of halogens is 2. The lowest BCUT2D eigenvalue weighted by molar-refractivity contribution is -0.126. The van der Waals surface area contributed by atoms with E-state index in [9.17, 15) is 13.6 Å². The standard InChI is InChI=1S/C13H16F2N2O/c1-8(10-6-16-7-10)13(18)17-5-9-2-3-11(14)12(15)4-9/h2-4,8,10,16H,5-7H2,1H3,(H,17,18). The quantitative estimate of drug-likeness (QED) is 0.853. The average molecular weight is 254 g/mol. The Hall–Kier alpha value is -1.49. The fourth-order valence-corrected chi connectivity index (χ4v) is 1.88. The van der Waals surface area contributed by atoms with Crippen LogP contribution in [0.1, 0.15) is 12.5 Å². The highest BCUT2D eigenvalue weighted by Crippen LogP contribution is 2.16. The summed E-state index contributed by atoms with van der Waals surface area (Å²) in [5.41, 5.74) is 0.557. The molecular formula is C13H16F2N2O. The minimum atomic E-state index is -0.891. The molecule has 0 bridgehead atoms. The molecule has 1 saturated heterocycles. The summed E-state index contributed by atoms with van der Waals surface area (Å²) in [6.07, 6.45) is 0. The molecule has 1 amide bonds. The van der Waals surface area contributed by atoms with Crippen LogP contribution in [0.3, 0.4) is 0 Å². The molecule has 2 N–H and O–H groups in total. The molecule has 0 aliphatic carbocycles. The average Bonchev–Trinajstić information content (AvgIpc) is 2.28. The van der Waals surface area contributed by atoms with E-state index in [-0.39, 0.29) is 18.4 Å². The molecule has 1 heterocycles. The van der Waals surface area contributed by atoms with Crippen LogP contribution in [-0.4, -0.2) is 19.0 Å². The smallest absolute Gasteiger partial charge is 0.223 e. The van der Waals surface area contributed by atoms with Gasteiger partial charge >= 0.3 is 0 Å². The van der Waals surface area contributed by atoms with Crippen LogP contribution in [0.5, 0.6) is 0 Å². The van der Waals surface area contributed by atoms with Gasteiger partial charge in [-0.1, -0.05) is 13.0 Å². The molecule has 0 radical (unpaired) electrons. The molecule has 98 valence electrons. The number of carbonyl (C=O) groups excluding carboxylic acids is 1. The minimum absolute atomic E-state index is 0.0498.